The molecule has 0 bridgehead atoms. The highest BCUT2D eigenvalue weighted by Crippen LogP contribution is 2.29. The fourth-order valence-corrected chi connectivity index (χ4v) is 4.97. The molecule has 1 N–H and O–H groups in total. The second kappa shape index (κ2) is 7.19. The zero-order valence-electron chi connectivity index (χ0n) is 13.5. The molecule has 0 saturated carbocycles. The van der Waals surface area contributed by atoms with Crippen molar-refractivity contribution in [3.63, 3.8) is 0 Å². The van der Waals surface area contributed by atoms with Crippen molar-refractivity contribution in [3.05, 3.63) is 75.9 Å². The third kappa shape index (κ3) is 3.80. The summed E-state index contributed by atoms with van der Waals surface area (Å²) in [6.07, 6.45) is 0. The van der Waals surface area contributed by atoms with E-state index in [9.17, 15) is 17.6 Å². The van der Waals surface area contributed by atoms with Crippen LogP contribution in [0, 0.1) is 12.7 Å². The Morgan fingerprint density at radius 2 is 1.77 bits per heavy atom. The molecule has 0 atom stereocenters. The number of carbonyl (C=O) groups excluding carboxylic acids is 1. The Labute approximate surface area is 159 Å². The van der Waals surface area contributed by atoms with Crippen LogP contribution >= 0.6 is 22.9 Å². The van der Waals surface area contributed by atoms with Crippen LogP contribution in [0.15, 0.2) is 63.7 Å². The lowest BCUT2D eigenvalue weighted by atomic mass is 10.2. The Hall–Kier alpha value is -2.22. The largest absolute Gasteiger partial charge is 0.321 e. The number of benzene rings is 2. The average Bonchev–Trinajstić information content (AvgIpc) is 3.10. The topological polar surface area (TPSA) is 63.2 Å². The van der Waals surface area contributed by atoms with E-state index in [0.29, 0.717) is 5.69 Å². The monoisotopic (exact) mass is 409 g/mol. The maximum absolute atomic E-state index is 13.2. The normalized spacial score (nSPS) is 11.3. The van der Waals surface area contributed by atoms with Gasteiger partial charge in [0.15, 0.2) is 0 Å². The molecule has 0 spiro atoms. The molecule has 0 saturated heterocycles. The van der Waals surface area contributed by atoms with Gasteiger partial charge >= 0.3 is 0 Å². The van der Waals surface area contributed by atoms with Gasteiger partial charge in [0.1, 0.15) is 10.0 Å². The van der Waals surface area contributed by atoms with Crippen LogP contribution in [0.25, 0.3) is 0 Å². The Kier molecular flexibility index (Phi) is 5.13. The molecule has 0 unspecified atom stereocenters. The van der Waals surface area contributed by atoms with Crippen LogP contribution in [0.3, 0.4) is 0 Å². The van der Waals surface area contributed by atoms with Crippen molar-refractivity contribution in [2.75, 3.05) is 5.32 Å². The highest BCUT2D eigenvalue weighted by molar-refractivity contribution is 7.93. The molecule has 26 heavy (non-hydrogen) atoms. The highest BCUT2D eigenvalue weighted by Gasteiger charge is 2.21. The van der Waals surface area contributed by atoms with Crippen LogP contribution in [-0.2, 0) is 9.84 Å². The Bertz CT molecular complexity index is 1080. The summed E-state index contributed by atoms with van der Waals surface area (Å²) in [6.45, 7) is 1.87. The first-order chi connectivity index (χ1) is 12.3. The molecule has 1 aromatic heterocycles. The van der Waals surface area contributed by atoms with Gasteiger partial charge in [-0.05, 0) is 49.4 Å². The van der Waals surface area contributed by atoms with Gasteiger partial charge in [-0.2, -0.15) is 0 Å². The van der Waals surface area contributed by atoms with Crippen LogP contribution in [0.2, 0.25) is 5.02 Å². The Morgan fingerprint density at radius 1 is 1.08 bits per heavy atom. The molecule has 1 heterocycles. The van der Waals surface area contributed by atoms with Gasteiger partial charge in [-0.15, -0.1) is 11.3 Å². The van der Waals surface area contributed by atoms with Gasteiger partial charge in [-0.3, -0.25) is 4.79 Å². The molecule has 4 nitrogen and oxygen atoms in total. The summed E-state index contributed by atoms with van der Waals surface area (Å²) in [5.74, 6) is -1.09. The van der Waals surface area contributed by atoms with Gasteiger partial charge in [0, 0.05) is 5.69 Å². The number of halogens is 2. The molecule has 134 valence electrons. The lowest BCUT2D eigenvalue weighted by molar-refractivity contribution is 0.103. The molecule has 0 radical (unpaired) electrons. The Morgan fingerprint density at radius 3 is 2.42 bits per heavy atom. The molecule has 0 aliphatic carbocycles. The van der Waals surface area contributed by atoms with Crippen LogP contribution in [0.1, 0.15) is 15.2 Å². The predicted octanol–water partition coefficient (Wildman–Crippen LogP) is 4.93. The standard InChI is InChI=1S/C18H13ClFNO3S2/c1-11-2-5-13(6-3-11)26(23,24)17-9-8-16(25-17)18(22)21-12-4-7-15(20)14(19)10-12/h2-10H,1H3,(H,21,22). The molecule has 0 aliphatic heterocycles. The number of sulfone groups is 1. The highest BCUT2D eigenvalue weighted by atomic mass is 35.5. The van der Waals surface area contributed by atoms with Crippen LogP contribution in [0.5, 0.6) is 0 Å². The number of thiophene rings is 1. The Balaban J connectivity index is 1.83. The molecule has 2 aromatic carbocycles. The first-order valence-corrected chi connectivity index (χ1v) is 10.1. The molecule has 0 fully saturated rings. The molecular formula is C18H13ClFNO3S2. The molecular weight excluding hydrogens is 397 g/mol. The number of hydrogen-bond donors (Lipinski definition) is 1. The molecule has 3 aromatic rings. The number of aryl methyl sites for hydroxylation is 1. The van der Waals surface area contributed by atoms with Crippen molar-refractivity contribution < 1.29 is 17.6 Å². The van der Waals surface area contributed by atoms with E-state index < -0.39 is 21.6 Å². The first kappa shape index (κ1) is 18.6. The zero-order valence-corrected chi connectivity index (χ0v) is 15.9. The second-order valence-corrected chi connectivity index (χ2v) is 9.19. The van der Waals surface area contributed by atoms with E-state index in [4.69, 9.17) is 11.6 Å². The minimum Gasteiger partial charge on any atom is -0.321 e. The maximum Gasteiger partial charge on any atom is 0.265 e. The number of rotatable bonds is 4. The van der Waals surface area contributed by atoms with E-state index in [-0.39, 0.29) is 19.0 Å². The minimum absolute atomic E-state index is 0.0728. The maximum atomic E-state index is 13.2. The third-order valence-corrected chi connectivity index (χ3v) is 7.21. The lowest BCUT2D eigenvalue weighted by Crippen LogP contribution is -2.10. The molecule has 8 heteroatoms. The number of carbonyl (C=O) groups is 1. The van der Waals surface area contributed by atoms with Crippen LogP contribution < -0.4 is 5.32 Å². The van der Waals surface area contributed by atoms with Crippen molar-refractivity contribution in [2.24, 2.45) is 0 Å². The van der Waals surface area contributed by atoms with E-state index in [0.717, 1.165) is 23.0 Å². The van der Waals surface area contributed by atoms with E-state index in [1.54, 1.807) is 12.1 Å². The lowest BCUT2D eigenvalue weighted by Gasteiger charge is -2.04. The summed E-state index contributed by atoms with van der Waals surface area (Å²) in [4.78, 5) is 12.7. The van der Waals surface area contributed by atoms with Gasteiger partial charge in [-0.25, -0.2) is 12.8 Å². The van der Waals surface area contributed by atoms with Gasteiger partial charge in [0.25, 0.3) is 5.91 Å². The quantitative estimate of drug-likeness (QED) is 0.664. The van der Waals surface area contributed by atoms with Crippen molar-refractivity contribution in [1.29, 1.82) is 0 Å². The fourth-order valence-electron chi connectivity index (χ4n) is 2.19. The van der Waals surface area contributed by atoms with Crippen molar-refractivity contribution in [3.8, 4) is 0 Å². The number of anilines is 1. The van der Waals surface area contributed by atoms with Gasteiger partial charge < -0.3 is 5.32 Å². The van der Waals surface area contributed by atoms with E-state index >= 15 is 0 Å². The SMILES string of the molecule is Cc1ccc(S(=O)(=O)c2ccc(C(=O)Nc3ccc(F)c(Cl)c3)s2)cc1. The van der Waals surface area contributed by atoms with Gasteiger partial charge in [0.05, 0.1) is 14.8 Å². The fraction of sp³-hybridized carbons (Fsp3) is 0.0556. The van der Waals surface area contributed by atoms with Crippen LogP contribution in [-0.4, -0.2) is 14.3 Å². The van der Waals surface area contributed by atoms with E-state index in [2.05, 4.69) is 5.32 Å². The summed E-state index contributed by atoms with van der Waals surface area (Å²) in [5, 5.41) is 2.45. The summed E-state index contributed by atoms with van der Waals surface area (Å²) in [7, 11) is -3.69. The average molecular weight is 410 g/mol. The summed E-state index contributed by atoms with van der Waals surface area (Å²) >= 11 is 6.55. The first-order valence-electron chi connectivity index (χ1n) is 7.45. The molecule has 0 aliphatic rings. The number of amides is 1. The smallest absolute Gasteiger partial charge is 0.265 e. The van der Waals surface area contributed by atoms with E-state index in [1.165, 1.54) is 36.4 Å². The summed E-state index contributed by atoms with van der Waals surface area (Å²) in [5.41, 5.74) is 1.27. The van der Waals surface area contributed by atoms with Gasteiger partial charge in [-0.1, -0.05) is 29.3 Å². The third-order valence-electron chi connectivity index (χ3n) is 3.58. The second-order valence-electron chi connectivity index (χ2n) is 5.52. The van der Waals surface area contributed by atoms with Crippen molar-refractivity contribution >= 4 is 44.4 Å². The van der Waals surface area contributed by atoms with Gasteiger partial charge in [0.2, 0.25) is 9.84 Å². The van der Waals surface area contributed by atoms with Crippen molar-refractivity contribution in [1.82, 2.24) is 0 Å². The zero-order chi connectivity index (χ0) is 18.9. The minimum atomic E-state index is -3.69. The molecule has 1 amide bonds. The molecule has 3 rings (SSSR count). The number of hydrogen-bond acceptors (Lipinski definition) is 4. The predicted molar refractivity (Wildman–Crippen MR) is 100 cm³/mol. The number of nitrogens with one attached hydrogen (secondary N) is 1. The summed E-state index contributed by atoms with van der Waals surface area (Å²) < 4.78 is 38.5. The van der Waals surface area contributed by atoms with Crippen LogP contribution in [0.4, 0.5) is 10.1 Å². The summed E-state index contributed by atoms with van der Waals surface area (Å²) in [6, 6.07) is 13.1. The van der Waals surface area contributed by atoms with E-state index in [1.807, 2.05) is 6.92 Å². The van der Waals surface area contributed by atoms with Crippen molar-refractivity contribution in [2.45, 2.75) is 16.0 Å².